The molecule has 1 aromatic heterocycles. The number of rotatable bonds is 15. The van der Waals surface area contributed by atoms with Crippen molar-refractivity contribution in [3.8, 4) is 11.5 Å². The first-order chi connectivity index (χ1) is 21.1. The van der Waals surface area contributed by atoms with Gasteiger partial charge in [-0.1, -0.05) is 29.3 Å². The minimum atomic E-state index is -4.24. The van der Waals surface area contributed by atoms with Crippen LogP contribution in [-0.2, 0) is 36.0 Å². The maximum atomic E-state index is 13.1. The number of pyridine rings is 1. The number of ether oxygens (including phenoxy) is 3. The van der Waals surface area contributed by atoms with E-state index in [-0.39, 0.29) is 62.2 Å². The van der Waals surface area contributed by atoms with Crippen molar-refractivity contribution < 1.29 is 49.4 Å². The molecule has 1 aliphatic carbocycles. The number of halogens is 4. The van der Waals surface area contributed by atoms with Crippen LogP contribution in [0.2, 0.25) is 10.0 Å². The number of esters is 1. The van der Waals surface area contributed by atoms with Crippen molar-refractivity contribution in [2.45, 2.75) is 36.9 Å². The van der Waals surface area contributed by atoms with E-state index in [1.54, 1.807) is 0 Å². The number of aromatic nitrogens is 1. The van der Waals surface area contributed by atoms with E-state index in [0.717, 1.165) is 43.6 Å². The maximum Gasteiger partial charge on any atom is 0.387 e. The van der Waals surface area contributed by atoms with Crippen LogP contribution in [0.4, 0.5) is 14.5 Å². The number of alkyl halides is 2. The van der Waals surface area contributed by atoms with E-state index in [0.29, 0.717) is 4.73 Å². The van der Waals surface area contributed by atoms with Crippen molar-refractivity contribution in [2.24, 2.45) is 5.92 Å². The Kier molecular flexibility index (Phi) is 11.0. The molecule has 1 unspecified atom stereocenters. The van der Waals surface area contributed by atoms with Crippen molar-refractivity contribution in [2.75, 3.05) is 24.1 Å². The number of nitrogens with zero attached hydrogens (tertiary/aromatic N) is 1. The molecule has 45 heavy (non-hydrogen) atoms. The zero-order valence-electron chi connectivity index (χ0n) is 23.4. The molecular formula is C27H27Cl2F2N3O9S2. The molecule has 0 amide bonds. The van der Waals surface area contributed by atoms with Crippen molar-refractivity contribution in [1.82, 2.24) is 4.72 Å². The Balaban J connectivity index is 1.56. The summed E-state index contributed by atoms with van der Waals surface area (Å²) in [6, 6.07) is 8.66. The fraction of sp³-hybridized carbons (Fsp3) is 0.333. The largest absolute Gasteiger partial charge is 0.619 e. The number of carbonyl (C=O) groups excluding carboxylic acids is 1. The SMILES string of the molecule is CS(=O)(=O)Nc1ccc(S(=O)(=O)NCC(=O)OC(Cc2c(Cl)c[n+]([O-])cc2Cl)c2ccc(OC(F)F)c(OCC3CC3)c2)cc1. The summed E-state index contributed by atoms with van der Waals surface area (Å²) in [5.41, 5.74) is 0.600. The van der Waals surface area contributed by atoms with Crippen LogP contribution in [0.25, 0.3) is 0 Å². The third kappa shape index (κ3) is 10.3. The Bertz CT molecular complexity index is 1740. The molecule has 1 saturated carbocycles. The number of nitrogens with one attached hydrogen (secondary N) is 2. The van der Waals surface area contributed by atoms with Gasteiger partial charge in [-0.2, -0.15) is 18.2 Å². The molecule has 1 heterocycles. The van der Waals surface area contributed by atoms with Gasteiger partial charge in [0.05, 0.1) is 17.8 Å². The van der Waals surface area contributed by atoms with Crippen LogP contribution in [0.5, 0.6) is 11.5 Å². The molecule has 12 nitrogen and oxygen atoms in total. The number of sulfonamides is 2. The quantitative estimate of drug-likeness (QED) is 0.134. The highest BCUT2D eigenvalue weighted by Gasteiger charge is 2.27. The second-order valence-electron chi connectivity index (χ2n) is 10.0. The minimum Gasteiger partial charge on any atom is -0.619 e. The van der Waals surface area contributed by atoms with Gasteiger partial charge >= 0.3 is 12.6 Å². The van der Waals surface area contributed by atoms with Crippen molar-refractivity contribution >= 4 is 54.9 Å². The molecule has 2 N–H and O–H groups in total. The molecule has 0 radical (unpaired) electrons. The fourth-order valence-corrected chi connectivity index (χ4v) is 6.15. The van der Waals surface area contributed by atoms with Crippen LogP contribution >= 0.6 is 23.2 Å². The third-order valence-electron chi connectivity index (χ3n) is 6.32. The smallest absolute Gasteiger partial charge is 0.387 e. The van der Waals surface area contributed by atoms with Gasteiger partial charge in [0.25, 0.3) is 0 Å². The van der Waals surface area contributed by atoms with E-state index in [4.69, 9.17) is 32.7 Å². The molecule has 18 heteroatoms. The zero-order valence-corrected chi connectivity index (χ0v) is 26.6. The van der Waals surface area contributed by atoms with Crippen LogP contribution in [0, 0.1) is 11.1 Å². The highest BCUT2D eigenvalue weighted by molar-refractivity contribution is 7.92. The molecular weight excluding hydrogens is 683 g/mol. The highest BCUT2D eigenvalue weighted by Crippen LogP contribution is 2.37. The molecule has 0 spiro atoms. The first kappa shape index (κ1) is 34.4. The molecule has 1 aliphatic rings. The summed E-state index contributed by atoms with van der Waals surface area (Å²) in [5.74, 6) is -1.04. The van der Waals surface area contributed by atoms with E-state index >= 15 is 0 Å². The summed E-state index contributed by atoms with van der Waals surface area (Å²) < 4.78 is 95.1. The third-order valence-corrected chi connectivity index (χ3v) is 9.00. The Hall–Kier alpha value is -3.44. The van der Waals surface area contributed by atoms with E-state index in [9.17, 15) is 35.6 Å². The van der Waals surface area contributed by atoms with Gasteiger partial charge in [0.15, 0.2) is 23.9 Å². The van der Waals surface area contributed by atoms with Crippen molar-refractivity contribution in [3.05, 3.63) is 81.2 Å². The Labute approximate surface area is 267 Å². The molecule has 1 atom stereocenters. The predicted octanol–water partition coefficient (Wildman–Crippen LogP) is 4.19. The van der Waals surface area contributed by atoms with Gasteiger partial charge in [-0.15, -0.1) is 0 Å². The average molecular weight is 711 g/mol. The summed E-state index contributed by atoms with van der Waals surface area (Å²) >= 11 is 12.5. The van der Waals surface area contributed by atoms with Gasteiger partial charge in [-0.25, -0.2) is 16.8 Å². The van der Waals surface area contributed by atoms with Crippen LogP contribution in [0.15, 0.2) is 59.8 Å². The molecule has 3 aromatic rings. The number of benzene rings is 2. The molecule has 0 bridgehead atoms. The lowest BCUT2D eigenvalue weighted by atomic mass is 10.0. The van der Waals surface area contributed by atoms with Crippen LogP contribution in [0.1, 0.15) is 30.1 Å². The lowest BCUT2D eigenvalue weighted by Crippen LogP contribution is -2.32. The fourth-order valence-electron chi connectivity index (χ4n) is 4.02. The monoisotopic (exact) mass is 709 g/mol. The number of hydrogen-bond donors (Lipinski definition) is 2. The Morgan fingerprint density at radius 2 is 1.69 bits per heavy atom. The van der Waals surface area contributed by atoms with E-state index in [1.807, 2.05) is 0 Å². The number of carbonyl (C=O) groups is 1. The first-order valence-corrected chi connectivity index (χ1v) is 17.3. The van der Waals surface area contributed by atoms with E-state index < -0.39 is 45.3 Å². The van der Waals surface area contributed by atoms with Crippen LogP contribution < -0.4 is 23.6 Å². The Morgan fingerprint density at radius 1 is 1.04 bits per heavy atom. The second kappa shape index (κ2) is 14.3. The summed E-state index contributed by atoms with van der Waals surface area (Å²) in [6.45, 7) is -3.70. The van der Waals surface area contributed by atoms with Crippen LogP contribution in [0.3, 0.4) is 0 Å². The van der Waals surface area contributed by atoms with Gasteiger partial charge in [0.1, 0.15) is 22.7 Å². The maximum absolute atomic E-state index is 13.1. The van der Waals surface area contributed by atoms with Crippen molar-refractivity contribution in [1.29, 1.82) is 0 Å². The topological polar surface area (TPSA) is 164 Å². The normalized spacial score (nSPS) is 14.2. The van der Waals surface area contributed by atoms with Gasteiger partial charge < -0.3 is 19.4 Å². The second-order valence-corrected chi connectivity index (χ2v) is 14.4. The lowest BCUT2D eigenvalue weighted by molar-refractivity contribution is -0.605. The highest BCUT2D eigenvalue weighted by atomic mass is 35.5. The summed E-state index contributed by atoms with van der Waals surface area (Å²) in [4.78, 5) is 12.7. The standard InChI is InChI=1S/C27H27Cl2F2N3O9S2/c1-44(37,38)33-18-5-7-19(8-6-18)45(39,40)32-12-26(35)42-24(11-20-21(28)13-34(36)14-22(20)29)17-4-9-23(43-27(30)31)25(10-17)41-15-16-2-3-16/h4-10,13-14,16,24,27,32-33H,2-3,11-12,15H2,1H3. The molecule has 0 saturated heterocycles. The molecule has 1 fully saturated rings. The van der Waals surface area contributed by atoms with E-state index in [2.05, 4.69) is 14.2 Å². The van der Waals surface area contributed by atoms with Crippen LogP contribution in [-0.4, -0.2) is 48.8 Å². The number of anilines is 1. The average Bonchev–Trinajstić information content (AvgIpc) is 3.76. The zero-order chi connectivity index (χ0) is 32.9. The molecule has 0 aliphatic heterocycles. The lowest BCUT2D eigenvalue weighted by Gasteiger charge is -2.21. The number of hydrogen-bond acceptors (Lipinski definition) is 9. The molecule has 2 aromatic carbocycles. The van der Waals surface area contributed by atoms with Gasteiger partial charge in [-0.05, 0) is 60.7 Å². The van der Waals surface area contributed by atoms with Gasteiger partial charge in [0, 0.05) is 17.7 Å². The summed E-state index contributed by atoms with van der Waals surface area (Å²) in [5, 5.41) is 11.7. The molecule has 4 rings (SSSR count). The van der Waals surface area contributed by atoms with Crippen molar-refractivity contribution in [3.63, 3.8) is 0 Å². The first-order valence-electron chi connectivity index (χ1n) is 13.1. The predicted molar refractivity (Wildman–Crippen MR) is 159 cm³/mol. The van der Waals surface area contributed by atoms with Gasteiger partial charge in [-0.3, -0.25) is 9.52 Å². The van der Waals surface area contributed by atoms with E-state index in [1.165, 1.54) is 30.3 Å². The Morgan fingerprint density at radius 3 is 2.27 bits per heavy atom. The molecule has 244 valence electrons. The van der Waals surface area contributed by atoms with Gasteiger partial charge in [0.2, 0.25) is 20.0 Å². The minimum absolute atomic E-state index is 0.0297. The summed E-state index contributed by atoms with van der Waals surface area (Å²) in [7, 11) is -7.83. The summed E-state index contributed by atoms with van der Waals surface area (Å²) in [6.07, 6.45) is 3.46.